The molecule has 158 valence electrons. The molecule has 7 nitrogen and oxygen atoms in total. The largest absolute Gasteiger partial charge is 0.369 e. The average Bonchev–Trinajstić information content (AvgIpc) is 3.20. The Morgan fingerprint density at radius 3 is 2.10 bits per heavy atom. The molecule has 7 heteroatoms. The van der Waals surface area contributed by atoms with Crippen LogP contribution in [0, 0.1) is 0 Å². The molecule has 2 heterocycles. The van der Waals surface area contributed by atoms with Gasteiger partial charge in [-0.2, -0.15) is 0 Å². The first-order valence-electron chi connectivity index (χ1n) is 10.6. The van der Waals surface area contributed by atoms with Crippen molar-refractivity contribution < 1.29 is 9.59 Å². The predicted molar refractivity (Wildman–Crippen MR) is 121 cm³/mol. The highest BCUT2D eigenvalue weighted by molar-refractivity contribution is 6.04. The molecule has 2 aliphatic rings. The summed E-state index contributed by atoms with van der Waals surface area (Å²) in [5.74, 6) is -0.141. The van der Waals surface area contributed by atoms with E-state index < -0.39 is 0 Å². The van der Waals surface area contributed by atoms with Crippen LogP contribution in [0.25, 0.3) is 0 Å². The lowest BCUT2D eigenvalue weighted by molar-refractivity contribution is 0.102. The van der Waals surface area contributed by atoms with Gasteiger partial charge in [-0.05, 0) is 62.4 Å². The third-order valence-corrected chi connectivity index (χ3v) is 5.83. The summed E-state index contributed by atoms with van der Waals surface area (Å²) in [6, 6.07) is 15.6. The van der Waals surface area contributed by atoms with Crippen molar-refractivity contribution in [3.8, 4) is 0 Å². The number of hydrogen-bond donors (Lipinski definition) is 2. The van der Waals surface area contributed by atoms with E-state index in [1.165, 1.54) is 0 Å². The van der Waals surface area contributed by atoms with Crippen LogP contribution in [0.15, 0.2) is 48.5 Å². The number of amides is 3. The van der Waals surface area contributed by atoms with Crippen molar-refractivity contribution in [3.05, 3.63) is 54.1 Å². The highest BCUT2D eigenvalue weighted by Gasteiger charge is 2.21. The number of anilines is 3. The van der Waals surface area contributed by atoms with E-state index in [1.807, 2.05) is 48.5 Å². The van der Waals surface area contributed by atoms with Crippen molar-refractivity contribution in [2.24, 2.45) is 0 Å². The zero-order valence-electron chi connectivity index (χ0n) is 17.6. The topological polar surface area (TPSA) is 67.9 Å². The Hall–Kier alpha value is -3.06. The lowest BCUT2D eigenvalue weighted by Gasteiger charge is -2.38. The van der Waals surface area contributed by atoms with Crippen LogP contribution in [0.4, 0.5) is 21.9 Å². The molecule has 0 radical (unpaired) electrons. The molecule has 2 aromatic rings. The molecular formula is C23H29N5O2. The van der Waals surface area contributed by atoms with Crippen molar-refractivity contribution in [1.82, 2.24) is 10.2 Å². The third-order valence-electron chi connectivity index (χ3n) is 5.83. The van der Waals surface area contributed by atoms with Crippen molar-refractivity contribution in [3.63, 3.8) is 0 Å². The SMILES string of the molecule is CC(C)N1CCN(c2ccc(C(=O)Nc3ccc(N4CCNC4=O)cc3)cc2)CC1. The minimum absolute atomic E-state index is 0.0857. The second-order valence-corrected chi connectivity index (χ2v) is 8.05. The van der Waals surface area contributed by atoms with E-state index in [0.29, 0.717) is 30.4 Å². The summed E-state index contributed by atoms with van der Waals surface area (Å²) in [6.07, 6.45) is 0. The van der Waals surface area contributed by atoms with E-state index in [1.54, 1.807) is 4.90 Å². The zero-order chi connectivity index (χ0) is 21.1. The zero-order valence-corrected chi connectivity index (χ0v) is 17.6. The van der Waals surface area contributed by atoms with E-state index in [0.717, 1.165) is 37.6 Å². The van der Waals surface area contributed by atoms with E-state index in [4.69, 9.17) is 0 Å². The van der Waals surface area contributed by atoms with Crippen molar-refractivity contribution >= 4 is 29.0 Å². The quantitative estimate of drug-likeness (QED) is 0.800. The molecule has 3 amide bonds. The molecule has 0 spiro atoms. The summed E-state index contributed by atoms with van der Waals surface area (Å²) < 4.78 is 0. The van der Waals surface area contributed by atoms with Crippen LogP contribution in [0.1, 0.15) is 24.2 Å². The van der Waals surface area contributed by atoms with Gasteiger partial charge < -0.3 is 15.5 Å². The third kappa shape index (κ3) is 4.41. The maximum atomic E-state index is 12.6. The maximum absolute atomic E-state index is 12.6. The number of carbonyl (C=O) groups is 2. The molecule has 4 rings (SSSR count). The van der Waals surface area contributed by atoms with Gasteiger partial charge in [-0.1, -0.05) is 0 Å². The standard InChI is InChI=1S/C23H29N5O2/c1-17(2)26-13-15-27(16-14-26)20-7-3-18(4-8-20)22(29)25-19-5-9-21(10-6-19)28-12-11-24-23(28)30/h3-10,17H,11-16H2,1-2H3,(H,24,30)(H,25,29). The summed E-state index contributed by atoms with van der Waals surface area (Å²) in [7, 11) is 0. The van der Waals surface area contributed by atoms with Gasteiger partial charge in [0.25, 0.3) is 5.91 Å². The molecule has 30 heavy (non-hydrogen) atoms. The van der Waals surface area contributed by atoms with Crippen molar-refractivity contribution in [2.45, 2.75) is 19.9 Å². The number of urea groups is 1. The molecule has 0 saturated carbocycles. The first kappa shape index (κ1) is 20.2. The molecule has 0 aliphatic carbocycles. The summed E-state index contributed by atoms with van der Waals surface area (Å²) in [5, 5.41) is 5.71. The number of piperazine rings is 1. The summed E-state index contributed by atoms with van der Waals surface area (Å²) in [5.41, 5.74) is 3.31. The van der Waals surface area contributed by atoms with Crippen molar-refractivity contribution in [1.29, 1.82) is 0 Å². The second-order valence-electron chi connectivity index (χ2n) is 8.05. The smallest absolute Gasteiger partial charge is 0.321 e. The van der Waals surface area contributed by atoms with Gasteiger partial charge in [0.2, 0.25) is 0 Å². The molecule has 2 fully saturated rings. The Morgan fingerprint density at radius 2 is 1.53 bits per heavy atom. The average molecular weight is 408 g/mol. The Balaban J connectivity index is 1.34. The maximum Gasteiger partial charge on any atom is 0.321 e. The highest BCUT2D eigenvalue weighted by Crippen LogP contribution is 2.21. The van der Waals surface area contributed by atoms with Gasteiger partial charge in [-0.25, -0.2) is 4.79 Å². The van der Waals surface area contributed by atoms with Crippen LogP contribution < -0.4 is 20.4 Å². The molecule has 2 aromatic carbocycles. The fourth-order valence-corrected chi connectivity index (χ4v) is 3.97. The number of nitrogens with zero attached hydrogens (tertiary/aromatic N) is 3. The highest BCUT2D eigenvalue weighted by atomic mass is 16.2. The monoisotopic (exact) mass is 407 g/mol. The first-order chi connectivity index (χ1) is 14.5. The molecular weight excluding hydrogens is 378 g/mol. The lowest BCUT2D eigenvalue weighted by Crippen LogP contribution is -2.48. The van der Waals surface area contributed by atoms with Gasteiger partial charge in [-0.3, -0.25) is 14.6 Å². The van der Waals surface area contributed by atoms with Crippen LogP contribution in [-0.4, -0.2) is 62.1 Å². The second kappa shape index (κ2) is 8.75. The molecule has 0 bridgehead atoms. The van der Waals surface area contributed by atoms with Crippen LogP contribution >= 0.6 is 0 Å². The Morgan fingerprint density at radius 1 is 0.900 bits per heavy atom. The number of hydrogen-bond acceptors (Lipinski definition) is 4. The first-order valence-corrected chi connectivity index (χ1v) is 10.6. The van der Waals surface area contributed by atoms with E-state index in [-0.39, 0.29) is 11.9 Å². The van der Waals surface area contributed by atoms with Gasteiger partial charge >= 0.3 is 6.03 Å². The van der Waals surface area contributed by atoms with Gasteiger partial charge in [0, 0.05) is 67.9 Å². The normalized spacial score (nSPS) is 17.4. The Labute approximate surface area is 177 Å². The molecule has 0 unspecified atom stereocenters. The Bertz CT molecular complexity index is 887. The van der Waals surface area contributed by atoms with E-state index >= 15 is 0 Å². The summed E-state index contributed by atoms with van der Waals surface area (Å²) >= 11 is 0. The van der Waals surface area contributed by atoms with Gasteiger partial charge in [-0.15, -0.1) is 0 Å². The van der Waals surface area contributed by atoms with Gasteiger partial charge in [0.1, 0.15) is 0 Å². The number of nitrogens with one attached hydrogen (secondary N) is 2. The van der Waals surface area contributed by atoms with Crippen LogP contribution in [-0.2, 0) is 0 Å². The minimum Gasteiger partial charge on any atom is -0.369 e. The van der Waals surface area contributed by atoms with Gasteiger partial charge in [0.05, 0.1) is 0 Å². The fraction of sp³-hybridized carbons (Fsp3) is 0.391. The van der Waals surface area contributed by atoms with Crippen LogP contribution in [0.5, 0.6) is 0 Å². The van der Waals surface area contributed by atoms with Crippen LogP contribution in [0.3, 0.4) is 0 Å². The summed E-state index contributed by atoms with van der Waals surface area (Å²) in [6.45, 7) is 9.92. The fourth-order valence-electron chi connectivity index (χ4n) is 3.97. The van der Waals surface area contributed by atoms with Crippen molar-refractivity contribution in [2.75, 3.05) is 54.4 Å². The van der Waals surface area contributed by atoms with E-state index in [9.17, 15) is 9.59 Å². The molecule has 2 N–H and O–H groups in total. The Kier molecular flexibility index (Phi) is 5.90. The predicted octanol–water partition coefficient (Wildman–Crippen LogP) is 3.00. The molecule has 2 saturated heterocycles. The molecule has 0 aromatic heterocycles. The number of rotatable bonds is 5. The van der Waals surface area contributed by atoms with Crippen LogP contribution in [0.2, 0.25) is 0 Å². The minimum atomic E-state index is -0.141. The molecule has 2 aliphatic heterocycles. The van der Waals surface area contributed by atoms with E-state index in [2.05, 4.69) is 34.3 Å². The number of carbonyl (C=O) groups excluding carboxylic acids is 2. The van der Waals surface area contributed by atoms with Gasteiger partial charge in [0.15, 0.2) is 0 Å². The summed E-state index contributed by atoms with van der Waals surface area (Å²) in [4.78, 5) is 30.9. The number of benzene rings is 2. The lowest BCUT2D eigenvalue weighted by atomic mass is 10.1. The molecule has 0 atom stereocenters.